The van der Waals surface area contributed by atoms with Crippen LogP contribution in [0.2, 0.25) is 0 Å². The number of nitrogens with two attached hydrogens (primary N) is 1. The number of ketones is 1. The van der Waals surface area contributed by atoms with Crippen LogP contribution in [-0.2, 0) is 25.5 Å². The number of dihydropyridines is 1. The fourth-order valence-electron chi connectivity index (χ4n) is 11.2. The summed E-state index contributed by atoms with van der Waals surface area (Å²) in [4.78, 5) is 42.7. The predicted molar refractivity (Wildman–Crippen MR) is 263 cm³/mol. The molecule has 9 rings (SSSR count). The van der Waals surface area contributed by atoms with Crippen molar-refractivity contribution in [1.29, 1.82) is 5.26 Å². The quantitative estimate of drug-likeness (QED) is 0.0542. The first-order chi connectivity index (χ1) is 34.1. The third-order valence-electron chi connectivity index (χ3n) is 15.0. The molecule has 17 heteroatoms. The van der Waals surface area contributed by atoms with Gasteiger partial charge in [-0.1, -0.05) is 43.2 Å². The van der Waals surface area contributed by atoms with Gasteiger partial charge in [0.05, 0.1) is 47.7 Å². The third-order valence-corrected chi connectivity index (χ3v) is 15.0. The predicted octanol–water partition coefficient (Wildman–Crippen LogP) is 5.37. The summed E-state index contributed by atoms with van der Waals surface area (Å²) in [5, 5.41) is 68.4. The van der Waals surface area contributed by atoms with Gasteiger partial charge in [-0.25, -0.2) is 9.59 Å². The van der Waals surface area contributed by atoms with E-state index in [2.05, 4.69) is 17.5 Å². The molecule has 4 heterocycles. The number of rotatable bonds is 14. The van der Waals surface area contributed by atoms with Gasteiger partial charge in [0, 0.05) is 40.9 Å². The van der Waals surface area contributed by atoms with Crippen LogP contribution < -0.4 is 30.0 Å². The number of nitrogens with zero attached hydrogens (tertiary/aromatic N) is 1. The molecule has 0 aromatic heterocycles. The topological polar surface area (TPSA) is 270 Å². The SMILES string of the molecule is COC(=O)/C(C)=C\CC1(O)C(=O)C2CC(C(C)C)C13Oc1c(CC=C(C)C)c4c(c(OC(=O)c5ccc(O[C@@H]6O[C@H](CO)[C@@H](O)[C@H](O)[C@H]6O)cc5)c1C1=C3C2C(C#N)=C(N)N1)C=CC(C)(CCC=C(C)C)O4. The Bertz CT molecular complexity index is 2790. The van der Waals surface area contributed by atoms with Crippen LogP contribution >= 0.6 is 0 Å². The molecule has 4 fully saturated rings. The van der Waals surface area contributed by atoms with Gasteiger partial charge in [-0.05, 0) is 110 Å². The second kappa shape index (κ2) is 19.6. The van der Waals surface area contributed by atoms with Crippen molar-refractivity contribution in [2.24, 2.45) is 29.4 Å². The average molecular weight is 992 g/mol. The molecule has 2 aromatic carbocycles. The van der Waals surface area contributed by atoms with E-state index in [9.17, 15) is 40.4 Å². The number of hydrogen-bond acceptors (Lipinski definition) is 17. The van der Waals surface area contributed by atoms with Crippen LogP contribution in [0.25, 0.3) is 11.8 Å². The van der Waals surface area contributed by atoms with Crippen LogP contribution in [0.5, 0.6) is 23.0 Å². The second-order valence-electron chi connectivity index (χ2n) is 20.7. The lowest BCUT2D eigenvalue weighted by Crippen LogP contribution is -2.78. The maximum atomic E-state index is 15.2. The summed E-state index contributed by atoms with van der Waals surface area (Å²) >= 11 is 0. The lowest BCUT2D eigenvalue weighted by atomic mass is 9.43. The summed E-state index contributed by atoms with van der Waals surface area (Å²) in [5.74, 6) is -4.10. The Morgan fingerprint density at radius 3 is 2.32 bits per heavy atom. The minimum Gasteiger partial charge on any atom is -0.482 e. The minimum absolute atomic E-state index is 0.00541. The summed E-state index contributed by atoms with van der Waals surface area (Å²) in [5.41, 5.74) is 6.03. The van der Waals surface area contributed by atoms with Gasteiger partial charge in [0.15, 0.2) is 22.7 Å². The minimum atomic E-state index is -2.32. The smallest absolute Gasteiger partial charge is 0.343 e. The molecule has 4 aliphatic heterocycles. The number of esters is 2. The van der Waals surface area contributed by atoms with Gasteiger partial charge < -0.3 is 65.0 Å². The Hall–Kier alpha value is -6.26. The van der Waals surface area contributed by atoms with Crippen molar-refractivity contribution in [3.63, 3.8) is 0 Å². The van der Waals surface area contributed by atoms with Crippen molar-refractivity contribution in [1.82, 2.24) is 5.32 Å². The molecule has 11 atom stereocenters. The molecule has 1 saturated heterocycles. The molecule has 6 unspecified atom stereocenters. The van der Waals surface area contributed by atoms with E-state index in [1.165, 1.54) is 44.4 Å². The highest BCUT2D eigenvalue weighted by Gasteiger charge is 2.76. The first-order valence-electron chi connectivity index (χ1n) is 24.4. The maximum Gasteiger partial charge on any atom is 0.343 e. The van der Waals surface area contributed by atoms with Crippen LogP contribution in [0.1, 0.15) is 108 Å². The Morgan fingerprint density at radius 1 is 1.00 bits per heavy atom. The molecule has 0 radical (unpaired) electrons. The maximum absolute atomic E-state index is 15.2. The molecule has 8 N–H and O–H groups in total. The number of benzene rings is 2. The number of carbonyl (C=O) groups is 3. The summed E-state index contributed by atoms with van der Waals surface area (Å²) < 4.78 is 37.6. The molecule has 17 nitrogen and oxygen atoms in total. The molecule has 2 aromatic rings. The number of nitrogens with one attached hydrogen (secondary N) is 1. The number of nitriles is 1. The number of methoxy groups -OCH3 is 1. The van der Waals surface area contributed by atoms with Crippen molar-refractivity contribution in [3.05, 3.63) is 105 Å². The standard InChI is InChI=1S/C55H65N3O14/c1-26(2)11-10-20-53(8)21-19-33-45(71-53)32(17-12-27(3)4)47-39(46(33)70-51(65)30-13-15-31(16-14-30)68-52-44(62)43(61)42(60)37(25-59)69-52)41-40-38(35(24-56)49(57)58-41)34-23-36(28(5)6)55(40,72-47)54(66,48(34)63)22-18-29(7)50(64)67-9/h11-16,18-19,21,28,34,36-38,42-44,52,58-62,66H,10,17,20,22-23,25,57H2,1-9H3/b29-18-/t34?,36?,37-,38?,42-,43+,44-,52-,53?,54?,55?/m1/s1. The summed E-state index contributed by atoms with van der Waals surface area (Å²) in [6.45, 7) is 14.8. The van der Waals surface area contributed by atoms with E-state index >= 15 is 4.79 Å². The van der Waals surface area contributed by atoms with Gasteiger partial charge in [-0.15, -0.1) is 0 Å². The molecule has 0 amide bonds. The molecule has 72 heavy (non-hydrogen) atoms. The third kappa shape index (κ3) is 8.61. The van der Waals surface area contributed by atoms with E-state index in [1.54, 1.807) is 0 Å². The van der Waals surface area contributed by atoms with E-state index in [0.29, 0.717) is 41.0 Å². The van der Waals surface area contributed by atoms with Crippen molar-refractivity contribution >= 4 is 29.5 Å². The van der Waals surface area contributed by atoms with Gasteiger partial charge in [0.2, 0.25) is 6.29 Å². The fourth-order valence-corrected chi connectivity index (χ4v) is 11.2. The largest absolute Gasteiger partial charge is 0.482 e. The van der Waals surface area contributed by atoms with E-state index in [0.717, 1.165) is 11.1 Å². The molecule has 2 bridgehead atoms. The number of aliphatic hydroxyl groups excluding tert-OH is 4. The molecule has 3 aliphatic carbocycles. The van der Waals surface area contributed by atoms with E-state index < -0.39 is 89.6 Å². The molecule has 1 spiro atoms. The number of Topliss-reactive ketones (excluding diaryl/α,β-unsaturated/α-hetero) is 1. The van der Waals surface area contributed by atoms with Crippen molar-refractivity contribution in [3.8, 4) is 29.1 Å². The van der Waals surface area contributed by atoms with Gasteiger partial charge in [0.25, 0.3) is 0 Å². The van der Waals surface area contributed by atoms with Crippen molar-refractivity contribution in [2.45, 2.75) is 135 Å². The number of aliphatic hydroxyl groups is 5. The highest BCUT2D eigenvalue weighted by Crippen LogP contribution is 2.69. The first-order valence-corrected chi connectivity index (χ1v) is 24.4. The summed E-state index contributed by atoms with van der Waals surface area (Å²) in [6.07, 6.45) is 3.14. The number of carbonyl (C=O) groups excluding carboxylic acids is 3. The highest BCUT2D eigenvalue weighted by atomic mass is 16.7. The Morgan fingerprint density at radius 2 is 1.69 bits per heavy atom. The first kappa shape index (κ1) is 52.1. The lowest BCUT2D eigenvalue weighted by molar-refractivity contribution is -0.277. The highest BCUT2D eigenvalue weighted by molar-refractivity contribution is 6.02. The van der Waals surface area contributed by atoms with Crippen LogP contribution in [0.15, 0.2) is 82.3 Å². The monoisotopic (exact) mass is 991 g/mol. The second-order valence-corrected chi connectivity index (χ2v) is 20.7. The Labute approximate surface area is 418 Å². The molecular formula is C55H65N3O14. The average Bonchev–Trinajstić information content (AvgIpc) is 3.34. The summed E-state index contributed by atoms with van der Waals surface area (Å²) in [7, 11) is 1.24. The summed E-state index contributed by atoms with van der Waals surface area (Å²) in [6, 6.07) is 7.93. The van der Waals surface area contributed by atoms with Gasteiger partial charge in [0.1, 0.15) is 53.1 Å². The molecular weight excluding hydrogens is 927 g/mol. The Kier molecular flexibility index (Phi) is 14.2. The zero-order valence-corrected chi connectivity index (χ0v) is 42.1. The number of ether oxygens (including phenoxy) is 6. The van der Waals surface area contributed by atoms with Gasteiger partial charge in [-0.3, -0.25) is 4.79 Å². The zero-order valence-electron chi connectivity index (χ0n) is 42.1. The van der Waals surface area contributed by atoms with Crippen molar-refractivity contribution < 1.29 is 68.3 Å². The van der Waals surface area contributed by atoms with Crippen LogP contribution in [0.3, 0.4) is 0 Å². The fraction of sp³-hybridized carbons (Fsp3) is 0.491. The Balaban J connectivity index is 1.35. The molecule has 7 aliphatic rings. The van der Waals surface area contributed by atoms with Crippen molar-refractivity contribution in [2.75, 3.05) is 13.7 Å². The normalized spacial score (nSPS) is 31.0. The van der Waals surface area contributed by atoms with Crippen LogP contribution in [0.4, 0.5) is 0 Å². The van der Waals surface area contributed by atoms with Crippen LogP contribution in [-0.4, -0.2) is 104 Å². The van der Waals surface area contributed by atoms with Crippen LogP contribution in [0, 0.1) is 35.0 Å². The van der Waals surface area contributed by atoms with E-state index in [-0.39, 0.29) is 70.5 Å². The number of fused-ring (bicyclic) bond motifs is 5. The number of hydrogen-bond donors (Lipinski definition) is 7. The van der Waals surface area contributed by atoms with Gasteiger partial charge >= 0.3 is 11.9 Å². The van der Waals surface area contributed by atoms with E-state index in [1.807, 2.05) is 66.7 Å². The van der Waals surface area contributed by atoms with Gasteiger partial charge in [-0.2, -0.15) is 5.26 Å². The number of allylic oxidation sites excluding steroid dienone is 5. The molecule has 384 valence electrons. The zero-order chi connectivity index (χ0) is 52.4. The van der Waals surface area contributed by atoms with E-state index in [4.69, 9.17) is 34.2 Å². The lowest BCUT2D eigenvalue weighted by Gasteiger charge is -2.65. The molecule has 3 saturated carbocycles.